The Bertz CT molecular complexity index is 917. The fourth-order valence-corrected chi connectivity index (χ4v) is 3.03. The summed E-state index contributed by atoms with van der Waals surface area (Å²) in [5.74, 6) is 1.05. The predicted molar refractivity (Wildman–Crippen MR) is 113 cm³/mol. The number of amides is 2. The van der Waals surface area contributed by atoms with E-state index in [1.54, 1.807) is 37.4 Å². The number of methoxy groups -OCH3 is 2. The number of rotatable bonds is 8. The van der Waals surface area contributed by atoms with Crippen molar-refractivity contribution in [3.63, 3.8) is 0 Å². The fraction of sp³-hybridized carbons (Fsp3) is 0.217. The van der Waals surface area contributed by atoms with E-state index < -0.39 is 0 Å². The number of nitrogens with zero attached hydrogens (tertiary/aromatic N) is 2. The first-order valence-corrected chi connectivity index (χ1v) is 9.42. The molecule has 3 aromatic rings. The second-order valence-corrected chi connectivity index (χ2v) is 6.45. The van der Waals surface area contributed by atoms with Gasteiger partial charge in [0.15, 0.2) is 11.5 Å². The molecular weight excluding hydrogens is 366 g/mol. The Labute approximate surface area is 171 Å². The summed E-state index contributed by atoms with van der Waals surface area (Å²) >= 11 is 0. The van der Waals surface area contributed by atoms with E-state index >= 15 is 0 Å². The van der Waals surface area contributed by atoms with E-state index in [1.807, 2.05) is 42.5 Å². The van der Waals surface area contributed by atoms with Crippen molar-refractivity contribution in [1.82, 2.24) is 9.88 Å². The van der Waals surface area contributed by atoms with E-state index in [0.717, 1.165) is 12.1 Å². The Kier molecular flexibility index (Phi) is 7.05. The second-order valence-electron chi connectivity index (χ2n) is 6.45. The average Bonchev–Trinajstić information content (AvgIpc) is 2.77. The van der Waals surface area contributed by atoms with Gasteiger partial charge in [0.05, 0.1) is 32.1 Å². The van der Waals surface area contributed by atoms with Gasteiger partial charge in [-0.15, -0.1) is 0 Å². The molecule has 29 heavy (non-hydrogen) atoms. The number of para-hydroxylation sites is 1. The quantitative estimate of drug-likeness (QED) is 0.619. The van der Waals surface area contributed by atoms with Crippen molar-refractivity contribution in [3.05, 3.63) is 84.2 Å². The van der Waals surface area contributed by atoms with Crippen LogP contribution in [0.4, 0.5) is 10.5 Å². The molecule has 1 N–H and O–H groups in total. The van der Waals surface area contributed by atoms with Gasteiger partial charge in [0, 0.05) is 12.7 Å². The van der Waals surface area contributed by atoms with E-state index in [1.165, 1.54) is 5.56 Å². The molecule has 0 spiro atoms. The van der Waals surface area contributed by atoms with Gasteiger partial charge in [0.25, 0.3) is 0 Å². The summed E-state index contributed by atoms with van der Waals surface area (Å²) in [4.78, 5) is 19.2. The third-order valence-electron chi connectivity index (χ3n) is 4.52. The summed E-state index contributed by atoms with van der Waals surface area (Å²) in [5, 5.41) is 2.95. The number of pyridine rings is 1. The zero-order chi connectivity index (χ0) is 20.5. The highest BCUT2D eigenvalue weighted by Gasteiger charge is 2.18. The standard InChI is InChI=1S/C23H25N3O3/c1-28-21-13-8-12-20(22(21)29-2)25-23(27)26(17-19-11-6-7-15-24-19)16-14-18-9-4-3-5-10-18/h3-13,15H,14,16-17H2,1-2H3,(H,25,27). The number of urea groups is 1. The Balaban J connectivity index is 1.78. The molecule has 6 nitrogen and oxygen atoms in total. The number of benzene rings is 2. The first-order valence-electron chi connectivity index (χ1n) is 9.42. The predicted octanol–water partition coefficient (Wildman–Crippen LogP) is 4.38. The zero-order valence-corrected chi connectivity index (χ0v) is 16.7. The molecule has 1 heterocycles. The van der Waals surface area contributed by atoms with Crippen LogP contribution in [0.5, 0.6) is 11.5 Å². The van der Waals surface area contributed by atoms with E-state index in [4.69, 9.17) is 9.47 Å². The number of carbonyl (C=O) groups excluding carboxylic acids is 1. The van der Waals surface area contributed by atoms with Crippen LogP contribution in [0.25, 0.3) is 0 Å². The monoisotopic (exact) mass is 391 g/mol. The van der Waals surface area contributed by atoms with Crippen LogP contribution in [0.2, 0.25) is 0 Å². The van der Waals surface area contributed by atoms with Gasteiger partial charge < -0.3 is 19.7 Å². The van der Waals surface area contributed by atoms with Crippen LogP contribution in [0.1, 0.15) is 11.3 Å². The molecule has 0 saturated heterocycles. The van der Waals surface area contributed by atoms with E-state index in [0.29, 0.717) is 30.3 Å². The van der Waals surface area contributed by atoms with Gasteiger partial charge in [-0.25, -0.2) is 4.79 Å². The highest BCUT2D eigenvalue weighted by Crippen LogP contribution is 2.34. The van der Waals surface area contributed by atoms with Gasteiger partial charge in [0.1, 0.15) is 0 Å². The Hall–Kier alpha value is -3.54. The topological polar surface area (TPSA) is 63.7 Å². The molecule has 0 atom stereocenters. The molecule has 0 radical (unpaired) electrons. The van der Waals surface area contributed by atoms with Crippen molar-refractivity contribution in [2.24, 2.45) is 0 Å². The molecule has 150 valence electrons. The van der Waals surface area contributed by atoms with Crippen molar-refractivity contribution in [2.75, 3.05) is 26.1 Å². The summed E-state index contributed by atoms with van der Waals surface area (Å²) in [6.45, 7) is 0.963. The highest BCUT2D eigenvalue weighted by atomic mass is 16.5. The van der Waals surface area contributed by atoms with Crippen molar-refractivity contribution in [2.45, 2.75) is 13.0 Å². The number of hydrogen-bond donors (Lipinski definition) is 1. The molecule has 0 aliphatic heterocycles. The molecule has 2 aromatic carbocycles. The fourth-order valence-electron chi connectivity index (χ4n) is 3.03. The summed E-state index contributed by atoms with van der Waals surface area (Å²) in [6.07, 6.45) is 2.48. The number of anilines is 1. The van der Waals surface area contributed by atoms with Crippen molar-refractivity contribution >= 4 is 11.7 Å². The minimum absolute atomic E-state index is 0.224. The lowest BCUT2D eigenvalue weighted by Crippen LogP contribution is -2.36. The molecule has 0 saturated carbocycles. The lowest BCUT2D eigenvalue weighted by Gasteiger charge is -2.24. The minimum atomic E-state index is -0.224. The molecule has 6 heteroatoms. The maximum atomic E-state index is 13.1. The van der Waals surface area contributed by atoms with Crippen LogP contribution in [0, 0.1) is 0 Å². The maximum Gasteiger partial charge on any atom is 0.322 e. The third kappa shape index (κ3) is 5.48. The van der Waals surface area contributed by atoms with Crippen molar-refractivity contribution in [3.8, 4) is 11.5 Å². The van der Waals surface area contributed by atoms with Crippen LogP contribution in [-0.2, 0) is 13.0 Å². The first-order chi connectivity index (χ1) is 14.2. The summed E-state index contributed by atoms with van der Waals surface area (Å²) in [5.41, 5.74) is 2.56. The van der Waals surface area contributed by atoms with Crippen LogP contribution in [-0.4, -0.2) is 36.7 Å². The van der Waals surface area contributed by atoms with E-state index in [9.17, 15) is 4.79 Å². The molecule has 0 fully saturated rings. The molecular formula is C23H25N3O3. The van der Waals surface area contributed by atoms with Crippen LogP contribution < -0.4 is 14.8 Å². The van der Waals surface area contributed by atoms with Crippen molar-refractivity contribution in [1.29, 1.82) is 0 Å². The second kappa shape index (κ2) is 10.1. The zero-order valence-electron chi connectivity index (χ0n) is 16.7. The number of nitrogens with one attached hydrogen (secondary N) is 1. The van der Waals surface area contributed by atoms with Crippen LogP contribution >= 0.6 is 0 Å². The normalized spacial score (nSPS) is 10.3. The summed E-state index contributed by atoms with van der Waals surface area (Å²) in [6, 6.07) is 20.9. The highest BCUT2D eigenvalue weighted by molar-refractivity contribution is 5.91. The van der Waals surface area contributed by atoms with Crippen LogP contribution in [0.15, 0.2) is 72.9 Å². The maximum absolute atomic E-state index is 13.1. The lowest BCUT2D eigenvalue weighted by atomic mass is 10.1. The SMILES string of the molecule is COc1cccc(NC(=O)N(CCc2ccccc2)Cc2ccccn2)c1OC. The molecule has 0 bridgehead atoms. The van der Waals surface area contributed by atoms with E-state index in [2.05, 4.69) is 22.4 Å². The van der Waals surface area contributed by atoms with Crippen molar-refractivity contribution < 1.29 is 14.3 Å². The van der Waals surface area contributed by atoms with E-state index in [-0.39, 0.29) is 6.03 Å². The van der Waals surface area contributed by atoms with Gasteiger partial charge in [-0.2, -0.15) is 0 Å². The molecule has 3 rings (SSSR count). The lowest BCUT2D eigenvalue weighted by molar-refractivity contribution is 0.209. The summed E-state index contributed by atoms with van der Waals surface area (Å²) in [7, 11) is 3.12. The van der Waals surface area contributed by atoms with Gasteiger partial charge >= 0.3 is 6.03 Å². The van der Waals surface area contributed by atoms with Gasteiger partial charge in [-0.05, 0) is 36.2 Å². The molecule has 1 aromatic heterocycles. The smallest absolute Gasteiger partial charge is 0.322 e. The molecule has 0 aliphatic carbocycles. The number of ether oxygens (including phenoxy) is 2. The minimum Gasteiger partial charge on any atom is -0.493 e. The number of aromatic nitrogens is 1. The number of hydrogen-bond acceptors (Lipinski definition) is 4. The number of carbonyl (C=O) groups is 1. The Morgan fingerprint density at radius 2 is 1.76 bits per heavy atom. The van der Waals surface area contributed by atoms with Gasteiger partial charge in [-0.3, -0.25) is 4.98 Å². The molecule has 2 amide bonds. The average molecular weight is 391 g/mol. The largest absolute Gasteiger partial charge is 0.493 e. The molecule has 0 aliphatic rings. The van der Waals surface area contributed by atoms with Crippen LogP contribution in [0.3, 0.4) is 0 Å². The first kappa shape index (κ1) is 20.2. The van der Waals surface area contributed by atoms with Gasteiger partial charge in [-0.1, -0.05) is 42.5 Å². The Morgan fingerprint density at radius 1 is 0.966 bits per heavy atom. The Morgan fingerprint density at radius 3 is 2.45 bits per heavy atom. The summed E-state index contributed by atoms with van der Waals surface area (Å²) < 4.78 is 10.7. The van der Waals surface area contributed by atoms with Gasteiger partial charge in [0.2, 0.25) is 0 Å². The third-order valence-corrected chi connectivity index (χ3v) is 4.52. The molecule has 0 unspecified atom stereocenters.